The molecule has 0 spiro atoms. The summed E-state index contributed by atoms with van der Waals surface area (Å²) in [4.78, 5) is 116. The third-order valence-corrected chi connectivity index (χ3v) is 11.3. The molecule has 0 bridgehead atoms. The Bertz CT molecular complexity index is 2160. The number of allylic oxidation sites excluding steroid dienone is 2. The van der Waals surface area contributed by atoms with Gasteiger partial charge in [0, 0.05) is 124 Å². The van der Waals surface area contributed by atoms with E-state index in [-0.39, 0.29) is 46.3 Å². The molecule has 0 unspecified atom stereocenters. The monoisotopic (exact) mass is 985 g/mol. The van der Waals surface area contributed by atoms with Gasteiger partial charge >= 0.3 is 0 Å². The molecule has 19 heteroatoms. The fourth-order valence-corrected chi connectivity index (χ4v) is 6.99. The van der Waals surface area contributed by atoms with Gasteiger partial charge in [-0.3, -0.25) is 68.3 Å². The summed E-state index contributed by atoms with van der Waals surface area (Å²) in [6.45, 7) is 17.0. The maximum absolute atomic E-state index is 10.9. The molecule has 17 nitrogen and oxygen atoms in total. The quantitative estimate of drug-likeness (QED) is 0.199. The van der Waals surface area contributed by atoms with Gasteiger partial charge in [-0.1, -0.05) is 19.1 Å². The van der Waals surface area contributed by atoms with E-state index in [0.29, 0.717) is 27.9 Å². The van der Waals surface area contributed by atoms with E-state index < -0.39 is 0 Å². The normalized spacial score (nSPS) is 14.8. The van der Waals surface area contributed by atoms with E-state index in [1.54, 1.807) is 75.4 Å². The molecular formula is C50H67N9O8S2. The van der Waals surface area contributed by atoms with Gasteiger partial charge in [0.15, 0.2) is 51.3 Å². The zero-order valence-electron chi connectivity index (χ0n) is 41.2. The molecule has 372 valence electrons. The summed E-state index contributed by atoms with van der Waals surface area (Å²) in [5, 5.41) is 6.11. The molecule has 69 heavy (non-hydrogen) atoms. The van der Waals surface area contributed by atoms with E-state index >= 15 is 0 Å². The third kappa shape index (κ3) is 28.7. The molecule has 3 aromatic rings. The van der Waals surface area contributed by atoms with Crippen molar-refractivity contribution >= 4 is 91.5 Å². The summed E-state index contributed by atoms with van der Waals surface area (Å²) >= 11 is 2.92. The van der Waals surface area contributed by atoms with Gasteiger partial charge in [0.05, 0.1) is 29.0 Å². The van der Waals surface area contributed by atoms with Crippen LogP contribution in [-0.4, -0.2) is 127 Å². The van der Waals surface area contributed by atoms with Gasteiger partial charge < -0.3 is 5.32 Å². The third-order valence-electron chi connectivity index (χ3n) is 9.32. The number of hydrogen-bond donors (Lipinski definition) is 1. The lowest BCUT2D eigenvalue weighted by Gasteiger charge is -2.11. The van der Waals surface area contributed by atoms with Crippen LogP contribution in [0.4, 0.5) is 0 Å². The fraction of sp³-hybridized carbons (Fsp3) is 0.480. The van der Waals surface area contributed by atoms with Gasteiger partial charge in [-0.05, 0) is 69.9 Å². The molecule has 5 aliphatic rings. The number of nitrogens with one attached hydrogen (secondary N) is 1. The van der Waals surface area contributed by atoms with Crippen molar-refractivity contribution in [1.29, 1.82) is 0 Å². The van der Waals surface area contributed by atoms with Gasteiger partial charge in [0.25, 0.3) is 0 Å². The number of Topliss-reactive ketones (excluding diaryl/α,β-unsaturated/α-hetero) is 8. The molecule has 8 heterocycles. The Hall–Kier alpha value is -6.21. The van der Waals surface area contributed by atoms with Crippen molar-refractivity contribution in [1.82, 2.24) is 25.3 Å². The smallest absolute Gasteiger partial charge is 0.188 e. The van der Waals surface area contributed by atoms with Crippen LogP contribution in [0.25, 0.3) is 0 Å². The Labute approximate surface area is 414 Å². The number of carbonyl (C=O) groups is 8. The number of pyridine rings is 1. The number of aromatic nitrogens is 4. The van der Waals surface area contributed by atoms with Gasteiger partial charge in [-0.2, -0.15) is 0 Å². The molecule has 0 saturated carbocycles. The molecule has 0 saturated heterocycles. The zero-order valence-corrected chi connectivity index (χ0v) is 42.9. The summed E-state index contributed by atoms with van der Waals surface area (Å²) in [5.41, 5.74) is 4.13. The molecule has 3 aromatic heterocycles. The van der Waals surface area contributed by atoms with Gasteiger partial charge in [-0.25, -0.2) is 9.97 Å². The van der Waals surface area contributed by atoms with E-state index in [1.165, 1.54) is 50.7 Å². The Morgan fingerprint density at radius 2 is 1.17 bits per heavy atom. The summed E-state index contributed by atoms with van der Waals surface area (Å²) in [6.07, 6.45) is 19.6. The second kappa shape index (κ2) is 36.8. The minimum absolute atomic E-state index is 0.00981. The van der Waals surface area contributed by atoms with Crippen LogP contribution in [-0.2, 0) is 24.0 Å². The maximum atomic E-state index is 10.9. The molecule has 8 rings (SSSR count). The van der Waals surface area contributed by atoms with E-state index in [9.17, 15) is 38.4 Å². The van der Waals surface area contributed by atoms with Crippen LogP contribution in [0.1, 0.15) is 150 Å². The van der Waals surface area contributed by atoms with Crippen LogP contribution in [0, 0.1) is 0 Å². The Balaban J connectivity index is 0.000000394. The highest BCUT2D eigenvalue weighted by Crippen LogP contribution is 2.11. The van der Waals surface area contributed by atoms with Gasteiger partial charge in [-0.15, -0.1) is 23.1 Å². The van der Waals surface area contributed by atoms with Crippen LogP contribution >= 0.6 is 23.1 Å². The van der Waals surface area contributed by atoms with Crippen molar-refractivity contribution in [3.8, 4) is 0 Å². The highest BCUT2D eigenvalue weighted by atomic mass is 32.2. The number of carbonyl (C=O) groups excluding carboxylic acids is 8. The largest absolute Gasteiger partial charge is 0.382 e. The average molecular weight is 986 g/mol. The Morgan fingerprint density at radius 1 is 0.565 bits per heavy atom. The molecule has 0 aliphatic carbocycles. The van der Waals surface area contributed by atoms with Crippen LogP contribution in [0.15, 0.2) is 86.3 Å². The van der Waals surface area contributed by atoms with E-state index in [1.807, 2.05) is 13.0 Å². The van der Waals surface area contributed by atoms with Crippen molar-refractivity contribution in [2.24, 2.45) is 20.0 Å². The molecule has 1 N–H and O–H groups in total. The lowest BCUT2D eigenvalue weighted by Crippen LogP contribution is -2.22. The zero-order chi connectivity index (χ0) is 51.4. The van der Waals surface area contributed by atoms with Crippen molar-refractivity contribution in [3.05, 3.63) is 82.7 Å². The van der Waals surface area contributed by atoms with Crippen molar-refractivity contribution in [2.45, 2.75) is 120 Å². The highest BCUT2D eigenvalue weighted by Gasteiger charge is 2.13. The molecule has 0 radical (unpaired) electrons. The Morgan fingerprint density at radius 3 is 1.46 bits per heavy atom. The summed E-state index contributed by atoms with van der Waals surface area (Å²) < 4.78 is 0. The van der Waals surface area contributed by atoms with Crippen molar-refractivity contribution < 1.29 is 38.4 Å². The standard InChI is InChI=1S/2C7H11NO.C7H7NO.C7H11NO.C6H6N2O.C6H9NO.C5H7NOS.C5H5NOS/c3*1-6(9)7-4-2-3-5-8-7;1-2-7(9)6-4-3-5-8-6;1-5(9)6-4-7-2-3-8-6;1-5(8)6-3-2-4-7-6;2*1-4(7)5-6-2-3-8-5/h2-5H2,1H3;4,8H,2-3,5H2,1H3;2-5H,1H3;2-5H2,1H3;2-4H,1H3;2-4H2,1H3;2-3H2,1H3;2-3H,1H3. The number of rotatable bonds is 9. The SMILES string of the molecule is CC(=O)C1=CCCCN1.CC(=O)C1=NCCC1.CC(=O)C1=NCCCC1.CC(=O)C1=NCCS1.CC(=O)c1ccccn1.CC(=O)c1cnccn1.CC(=O)c1nccs1.CCC(=O)C1=NCCC1. The molecular weight excluding hydrogens is 919 g/mol. The van der Waals surface area contributed by atoms with E-state index in [0.717, 1.165) is 119 Å². The molecule has 0 atom stereocenters. The molecule has 0 fully saturated rings. The first kappa shape index (κ1) is 60.8. The number of thioether (sulfide) groups is 1. The minimum Gasteiger partial charge on any atom is -0.382 e. The number of thiazole rings is 1. The van der Waals surface area contributed by atoms with Crippen LogP contribution < -0.4 is 5.32 Å². The van der Waals surface area contributed by atoms with Crippen LogP contribution in [0.3, 0.4) is 0 Å². The second-order valence-electron chi connectivity index (χ2n) is 15.2. The summed E-state index contributed by atoms with van der Waals surface area (Å²) in [7, 11) is 0. The predicted molar refractivity (Wildman–Crippen MR) is 276 cm³/mol. The first-order valence-corrected chi connectivity index (χ1v) is 24.7. The topological polar surface area (TPSA) is 250 Å². The summed E-state index contributed by atoms with van der Waals surface area (Å²) in [6, 6.07) is 5.28. The lowest BCUT2D eigenvalue weighted by atomic mass is 10.1. The number of nitrogens with zero attached hydrogens (tertiary/aromatic N) is 8. The minimum atomic E-state index is -0.0527. The summed E-state index contributed by atoms with van der Waals surface area (Å²) in [5.74, 6) is 1.75. The first-order chi connectivity index (χ1) is 33.0. The van der Waals surface area contributed by atoms with E-state index in [2.05, 4.69) is 45.2 Å². The predicted octanol–water partition coefficient (Wildman–Crippen LogP) is 8.08. The van der Waals surface area contributed by atoms with Crippen LogP contribution in [0.2, 0.25) is 0 Å². The van der Waals surface area contributed by atoms with E-state index in [4.69, 9.17) is 0 Å². The van der Waals surface area contributed by atoms with Crippen molar-refractivity contribution in [3.63, 3.8) is 0 Å². The first-order valence-electron chi connectivity index (χ1n) is 22.9. The number of ketones is 8. The number of hydrogen-bond acceptors (Lipinski definition) is 19. The Kier molecular flexibility index (Phi) is 32.4. The fourth-order valence-electron chi connectivity index (χ4n) is 5.69. The molecule has 0 aromatic carbocycles. The van der Waals surface area contributed by atoms with Crippen LogP contribution in [0.5, 0.6) is 0 Å². The second-order valence-corrected chi connectivity index (χ2v) is 17.2. The molecule has 5 aliphatic heterocycles. The van der Waals surface area contributed by atoms with Crippen molar-refractivity contribution in [2.75, 3.05) is 38.5 Å². The maximum Gasteiger partial charge on any atom is 0.188 e. The lowest BCUT2D eigenvalue weighted by molar-refractivity contribution is -0.114. The number of aliphatic imine (C=N–C) groups is 4. The highest BCUT2D eigenvalue weighted by molar-refractivity contribution is 8.16. The van der Waals surface area contributed by atoms with Gasteiger partial charge in [0.1, 0.15) is 16.4 Å². The van der Waals surface area contributed by atoms with Gasteiger partial charge in [0.2, 0.25) is 0 Å². The molecule has 0 amide bonds. The average Bonchev–Trinajstić information content (AvgIpc) is 4.23.